The van der Waals surface area contributed by atoms with E-state index in [4.69, 9.17) is 4.74 Å². The van der Waals surface area contributed by atoms with Crippen LogP contribution in [0.1, 0.15) is 67.2 Å². The van der Waals surface area contributed by atoms with Gasteiger partial charge >= 0.3 is 0 Å². The average molecular weight is 332 g/mol. The van der Waals surface area contributed by atoms with Crippen LogP contribution in [0, 0.1) is 0 Å². The number of aromatic nitrogens is 5. The molecule has 0 bridgehead atoms. The van der Waals surface area contributed by atoms with Gasteiger partial charge in [-0.1, -0.05) is 20.8 Å². The Balaban J connectivity index is 1.68. The van der Waals surface area contributed by atoms with Crippen LogP contribution in [-0.2, 0) is 11.2 Å². The molecule has 1 aliphatic heterocycles. The van der Waals surface area contributed by atoms with Crippen LogP contribution in [0.15, 0.2) is 6.20 Å². The van der Waals surface area contributed by atoms with Crippen molar-refractivity contribution in [2.75, 3.05) is 19.7 Å². The van der Waals surface area contributed by atoms with Crippen molar-refractivity contribution in [2.45, 2.75) is 45.6 Å². The minimum atomic E-state index is -0.294. The third kappa shape index (κ3) is 3.48. The number of hydrogen-bond donors (Lipinski definition) is 2. The molecule has 24 heavy (non-hydrogen) atoms. The third-order valence-corrected chi connectivity index (χ3v) is 4.05. The normalized spacial score (nSPS) is 18.3. The number of carbonyl (C=O) groups is 1. The molecule has 1 saturated heterocycles. The van der Waals surface area contributed by atoms with E-state index in [2.05, 4.69) is 32.1 Å². The molecule has 3 heterocycles. The predicted octanol–water partition coefficient (Wildman–Crippen LogP) is 1.82. The fraction of sp³-hybridized carbons (Fsp3) is 0.625. The van der Waals surface area contributed by atoms with E-state index < -0.39 is 0 Å². The van der Waals surface area contributed by atoms with Crippen LogP contribution in [0.25, 0.3) is 0 Å². The Morgan fingerprint density at radius 1 is 1.50 bits per heavy atom. The molecule has 1 aliphatic rings. The van der Waals surface area contributed by atoms with Crippen molar-refractivity contribution in [1.29, 1.82) is 0 Å². The Kier molecular flexibility index (Phi) is 4.94. The van der Waals surface area contributed by atoms with Crippen molar-refractivity contribution < 1.29 is 9.53 Å². The summed E-state index contributed by atoms with van der Waals surface area (Å²) in [6, 6.07) is 0. The van der Waals surface area contributed by atoms with Gasteiger partial charge in [0.1, 0.15) is 23.4 Å². The van der Waals surface area contributed by atoms with Crippen LogP contribution >= 0.6 is 0 Å². The number of rotatable bonds is 5. The minimum Gasteiger partial charge on any atom is -0.366 e. The second-order valence-corrected chi connectivity index (χ2v) is 6.34. The lowest BCUT2D eigenvalue weighted by molar-refractivity contribution is -0.0268. The fourth-order valence-corrected chi connectivity index (χ4v) is 2.70. The number of aryl methyl sites for hydroxylation is 1. The summed E-state index contributed by atoms with van der Waals surface area (Å²) in [6.07, 6.45) is 3.17. The molecular formula is C16H24N6O2. The first kappa shape index (κ1) is 16.6. The molecular weight excluding hydrogens is 308 g/mol. The largest absolute Gasteiger partial charge is 0.366 e. The van der Waals surface area contributed by atoms with Crippen molar-refractivity contribution in [1.82, 2.24) is 30.0 Å². The van der Waals surface area contributed by atoms with Crippen LogP contribution in [0.5, 0.6) is 0 Å². The molecule has 0 radical (unpaired) electrons. The molecule has 2 N–H and O–H groups in total. The molecule has 8 heteroatoms. The number of H-pyrrole nitrogens is 2. The maximum absolute atomic E-state index is 12.7. The second kappa shape index (κ2) is 7.12. The molecule has 1 atom stereocenters. The first-order valence-corrected chi connectivity index (χ1v) is 8.45. The third-order valence-electron chi connectivity index (χ3n) is 4.05. The number of morpholine rings is 1. The Morgan fingerprint density at radius 3 is 3.04 bits per heavy atom. The van der Waals surface area contributed by atoms with Gasteiger partial charge in [0.05, 0.1) is 19.3 Å². The topological polar surface area (TPSA) is 99.8 Å². The Bertz CT molecular complexity index is 692. The van der Waals surface area contributed by atoms with Crippen molar-refractivity contribution in [2.24, 2.45) is 0 Å². The molecule has 130 valence electrons. The highest BCUT2D eigenvalue weighted by Gasteiger charge is 2.29. The first-order chi connectivity index (χ1) is 11.6. The molecule has 2 aromatic rings. The second-order valence-electron chi connectivity index (χ2n) is 6.34. The van der Waals surface area contributed by atoms with Crippen LogP contribution in [0.3, 0.4) is 0 Å². The van der Waals surface area contributed by atoms with Crippen LogP contribution in [0.2, 0.25) is 0 Å². The zero-order valence-electron chi connectivity index (χ0n) is 14.4. The number of carbonyl (C=O) groups excluding carboxylic acids is 1. The maximum Gasteiger partial charge on any atom is 0.272 e. The van der Waals surface area contributed by atoms with E-state index in [1.165, 1.54) is 0 Å². The maximum atomic E-state index is 12.7. The number of aromatic amines is 2. The summed E-state index contributed by atoms with van der Waals surface area (Å²) in [5.74, 6) is 2.49. The van der Waals surface area contributed by atoms with Crippen molar-refractivity contribution >= 4 is 5.91 Å². The summed E-state index contributed by atoms with van der Waals surface area (Å²) in [4.78, 5) is 26.3. The van der Waals surface area contributed by atoms with E-state index in [1.54, 1.807) is 11.1 Å². The molecule has 1 fully saturated rings. The minimum absolute atomic E-state index is 0.0629. The SMILES string of the molecule is CCCc1nc([C@@H]2CN(C(=O)c3cnc(C(C)C)[nH]3)CCO2)n[nH]1. The van der Waals surface area contributed by atoms with E-state index in [1.807, 2.05) is 13.8 Å². The smallest absolute Gasteiger partial charge is 0.272 e. The molecule has 0 spiro atoms. The zero-order valence-corrected chi connectivity index (χ0v) is 14.4. The van der Waals surface area contributed by atoms with E-state index in [0.717, 1.165) is 24.5 Å². The number of nitrogens with zero attached hydrogens (tertiary/aromatic N) is 4. The Labute approximate surface area is 141 Å². The van der Waals surface area contributed by atoms with Crippen LogP contribution < -0.4 is 0 Å². The molecule has 0 saturated carbocycles. The Hall–Kier alpha value is -2.22. The monoisotopic (exact) mass is 332 g/mol. The first-order valence-electron chi connectivity index (χ1n) is 8.45. The molecule has 2 aromatic heterocycles. The van der Waals surface area contributed by atoms with Gasteiger partial charge in [0, 0.05) is 18.9 Å². The molecule has 8 nitrogen and oxygen atoms in total. The average Bonchev–Trinajstić information content (AvgIpc) is 3.24. The number of imidazole rings is 1. The standard InChI is InChI=1S/C16H24N6O2/c1-4-5-13-19-15(21-20-13)12-9-22(6-7-24-12)16(23)11-8-17-14(18-11)10(2)3/h8,10,12H,4-7,9H2,1-3H3,(H,17,18)(H,19,20,21)/t12-/m0/s1. The van der Waals surface area contributed by atoms with Gasteiger partial charge < -0.3 is 14.6 Å². The fourth-order valence-electron chi connectivity index (χ4n) is 2.70. The molecule has 0 aromatic carbocycles. The number of amides is 1. The predicted molar refractivity (Wildman–Crippen MR) is 87.7 cm³/mol. The number of ether oxygens (including phenoxy) is 1. The highest BCUT2D eigenvalue weighted by atomic mass is 16.5. The number of nitrogens with one attached hydrogen (secondary N) is 2. The van der Waals surface area contributed by atoms with Gasteiger partial charge in [0.25, 0.3) is 5.91 Å². The van der Waals surface area contributed by atoms with Gasteiger partial charge in [-0.2, -0.15) is 5.10 Å². The molecule has 1 amide bonds. The van der Waals surface area contributed by atoms with Gasteiger partial charge in [-0.15, -0.1) is 0 Å². The van der Waals surface area contributed by atoms with Crippen LogP contribution in [-0.4, -0.2) is 55.7 Å². The molecule has 0 unspecified atom stereocenters. The quantitative estimate of drug-likeness (QED) is 0.870. The van der Waals surface area contributed by atoms with Crippen LogP contribution in [0.4, 0.5) is 0 Å². The number of hydrogen-bond acceptors (Lipinski definition) is 5. The van der Waals surface area contributed by atoms with Crippen molar-refractivity contribution in [3.05, 3.63) is 29.4 Å². The van der Waals surface area contributed by atoms with E-state index in [-0.39, 0.29) is 17.9 Å². The van der Waals surface area contributed by atoms with Crippen molar-refractivity contribution in [3.8, 4) is 0 Å². The van der Waals surface area contributed by atoms with Crippen molar-refractivity contribution in [3.63, 3.8) is 0 Å². The van der Waals surface area contributed by atoms with Gasteiger partial charge in [-0.05, 0) is 6.42 Å². The molecule has 0 aliphatic carbocycles. The van der Waals surface area contributed by atoms with Gasteiger partial charge in [0.15, 0.2) is 5.82 Å². The van der Waals surface area contributed by atoms with Gasteiger partial charge in [0.2, 0.25) is 0 Å². The van der Waals surface area contributed by atoms with Gasteiger partial charge in [-0.25, -0.2) is 9.97 Å². The highest BCUT2D eigenvalue weighted by molar-refractivity contribution is 5.92. The summed E-state index contributed by atoms with van der Waals surface area (Å²) in [7, 11) is 0. The summed E-state index contributed by atoms with van der Waals surface area (Å²) in [5.41, 5.74) is 0.515. The zero-order chi connectivity index (χ0) is 17.1. The summed E-state index contributed by atoms with van der Waals surface area (Å²) in [5, 5.41) is 7.17. The van der Waals surface area contributed by atoms with E-state index in [0.29, 0.717) is 31.2 Å². The summed E-state index contributed by atoms with van der Waals surface area (Å²) < 4.78 is 5.75. The summed E-state index contributed by atoms with van der Waals surface area (Å²) in [6.45, 7) is 7.63. The lowest BCUT2D eigenvalue weighted by Gasteiger charge is -2.31. The lowest BCUT2D eigenvalue weighted by atomic mass is 10.2. The molecule has 3 rings (SSSR count). The van der Waals surface area contributed by atoms with E-state index >= 15 is 0 Å². The van der Waals surface area contributed by atoms with Gasteiger partial charge in [-0.3, -0.25) is 9.89 Å². The Morgan fingerprint density at radius 2 is 2.33 bits per heavy atom. The lowest BCUT2D eigenvalue weighted by Crippen LogP contribution is -2.42. The highest BCUT2D eigenvalue weighted by Crippen LogP contribution is 2.21. The van der Waals surface area contributed by atoms with E-state index in [9.17, 15) is 4.79 Å². The summed E-state index contributed by atoms with van der Waals surface area (Å²) >= 11 is 0.